The molecule has 2 unspecified atom stereocenters. The first-order valence-electron chi connectivity index (χ1n) is 6.59. The van der Waals surface area contributed by atoms with Crippen molar-refractivity contribution in [2.45, 2.75) is 43.9 Å². The Morgan fingerprint density at radius 3 is 3.00 bits per heavy atom. The Hall–Kier alpha value is -0.620. The molecule has 0 bridgehead atoms. The van der Waals surface area contributed by atoms with Gasteiger partial charge >= 0.3 is 0 Å². The zero-order valence-electron chi connectivity index (χ0n) is 11.4. The van der Waals surface area contributed by atoms with Gasteiger partial charge in [-0.2, -0.15) is 5.10 Å². The van der Waals surface area contributed by atoms with Crippen molar-refractivity contribution in [3.05, 3.63) is 16.9 Å². The van der Waals surface area contributed by atoms with Gasteiger partial charge in [-0.1, -0.05) is 18.0 Å². The minimum absolute atomic E-state index is 0.239. The fourth-order valence-electron chi connectivity index (χ4n) is 2.85. The number of methoxy groups -OCH3 is 2. The summed E-state index contributed by atoms with van der Waals surface area (Å²) in [7, 11) is 3.27. The van der Waals surface area contributed by atoms with Gasteiger partial charge in [0.15, 0.2) is 0 Å². The van der Waals surface area contributed by atoms with E-state index in [9.17, 15) is 5.11 Å². The Labute approximate surface area is 118 Å². The summed E-state index contributed by atoms with van der Waals surface area (Å²) in [4.78, 5) is 0. The molecule has 1 fully saturated rings. The lowest BCUT2D eigenvalue weighted by Crippen LogP contribution is -2.45. The number of aromatic nitrogens is 2. The summed E-state index contributed by atoms with van der Waals surface area (Å²) in [5.41, 5.74) is -0.410. The number of aliphatic hydroxyl groups is 1. The van der Waals surface area contributed by atoms with E-state index in [0.717, 1.165) is 19.3 Å². The number of ether oxygens (including phenoxy) is 2. The van der Waals surface area contributed by atoms with E-state index < -0.39 is 5.60 Å². The van der Waals surface area contributed by atoms with Crippen LogP contribution in [0.25, 0.3) is 0 Å². The molecule has 2 rings (SSSR count). The summed E-state index contributed by atoms with van der Waals surface area (Å²) in [6, 6.07) is 0. The zero-order valence-corrected chi connectivity index (χ0v) is 12.2. The van der Waals surface area contributed by atoms with Crippen LogP contribution in [-0.4, -0.2) is 41.8 Å². The van der Waals surface area contributed by atoms with Gasteiger partial charge in [-0.05, 0) is 19.3 Å². The molecule has 1 aromatic rings. The summed E-state index contributed by atoms with van der Waals surface area (Å²) in [6.45, 7) is 1.09. The lowest BCUT2D eigenvalue weighted by Gasteiger charge is -2.39. The topological polar surface area (TPSA) is 56.5 Å². The van der Waals surface area contributed by atoms with Crippen LogP contribution in [0.5, 0.6) is 0 Å². The number of halogens is 1. The van der Waals surface area contributed by atoms with Crippen molar-refractivity contribution in [1.82, 2.24) is 9.78 Å². The highest BCUT2D eigenvalue weighted by molar-refractivity contribution is 6.31. The van der Waals surface area contributed by atoms with E-state index in [2.05, 4.69) is 5.10 Å². The maximum absolute atomic E-state index is 11.0. The van der Waals surface area contributed by atoms with E-state index in [1.165, 1.54) is 0 Å². The fraction of sp³-hybridized carbons (Fsp3) is 0.769. The molecule has 2 atom stereocenters. The van der Waals surface area contributed by atoms with Gasteiger partial charge in [0.2, 0.25) is 0 Å². The number of hydrogen-bond donors (Lipinski definition) is 1. The Kier molecular flexibility index (Phi) is 4.84. The minimum atomic E-state index is -1.06. The lowest BCUT2D eigenvalue weighted by molar-refractivity contribution is -0.127. The Balaban J connectivity index is 2.34. The first-order chi connectivity index (χ1) is 9.13. The molecule has 19 heavy (non-hydrogen) atoms. The summed E-state index contributed by atoms with van der Waals surface area (Å²) in [5, 5.41) is 15.8. The molecule has 0 saturated heterocycles. The summed E-state index contributed by atoms with van der Waals surface area (Å²) < 4.78 is 12.3. The largest absolute Gasteiger partial charge is 0.383 e. The van der Waals surface area contributed by atoms with Gasteiger partial charge in [-0.25, -0.2) is 0 Å². The van der Waals surface area contributed by atoms with Crippen molar-refractivity contribution >= 4 is 11.6 Å². The molecule has 1 saturated carbocycles. The van der Waals surface area contributed by atoms with Gasteiger partial charge in [-0.3, -0.25) is 4.68 Å². The van der Waals surface area contributed by atoms with Gasteiger partial charge in [-0.15, -0.1) is 0 Å². The molecule has 0 aliphatic heterocycles. The molecule has 0 amide bonds. The molecule has 1 N–H and O–H groups in total. The minimum Gasteiger partial charge on any atom is -0.383 e. The summed E-state index contributed by atoms with van der Waals surface area (Å²) in [5.74, 6) is 0. The van der Waals surface area contributed by atoms with Crippen molar-refractivity contribution in [1.29, 1.82) is 0 Å². The second-order valence-electron chi connectivity index (χ2n) is 4.95. The van der Waals surface area contributed by atoms with Crippen LogP contribution < -0.4 is 0 Å². The average Bonchev–Trinajstić information content (AvgIpc) is 2.78. The van der Waals surface area contributed by atoms with Gasteiger partial charge in [0.05, 0.1) is 36.2 Å². The summed E-state index contributed by atoms with van der Waals surface area (Å²) in [6.07, 6.45) is 4.83. The van der Waals surface area contributed by atoms with E-state index in [4.69, 9.17) is 21.1 Å². The Bertz CT molecular complexity index is 424. The maximum atomic E-state index is 11.0. The number of hydrogen-bond acceptors (Lipinski definition) is 4. The van der Waals surface area contributed by atoms with Crippen LogP contribution in [0.1, 0.15) is 31.4 Å². The molecular weight excluding hydrogens is 268 g/mol. The van der Waals surface area contributed by atoms with Gasteiger partial charge in [0, 0.05) is 14.2 Å². The molecule has 108 valence electrons. The van der Waals surface area contributed by atoms with Crippen molar-refractivity contribution in [3.63, 3.8) is 0 Å². The van der Waals surface area contributed by atoms with Crippen LogP contribution in [0, 0.1) is 0 Å². The second kappa shape index (κ2) is 6.22. The maximum Gasteiger partial charge on any atom is 0.134 e. The van der Waals surface area contributed by atoms with Crippen LogP contribution in [0.3, 0.4) is 0 Å². The van der Waals surface area contributed by atoms with Crippen LogP contribution in [0.15, 0.2) is 6.20 Å². The third-order valence-electron chi connectivity index (χ3n) is 3.80. The predicted molar refractivity (Wildman–Crippen MR) is 72.3 cm³/mol. The highest BCUT2D eigenvalue weighted by Crippen LogP contribution is 2.41. The van der Waals surface area contributed by atoms with E-state index in [1.807, 2.05) is 0 Å². The van der Waals surface area contributed by atoms with Crippen molar-refractivity contribution in [2.75, 3.05) is 20.8 Å². The first-order valence-corrected chi connectivity index (χ1v) is 6.97. The first kappa shape index (κ1) is 14.8. The van der Waals surface area contributed by atoms with Crippen LogP contribution in [0.2, 0.25) is 5.02 Å². The van der Waals surface area contributed by atoms with Crippen LogP contribution in [-0.2, 0) is 21.6 Å². The molecule has 5 nitrogen and oxygen atoms in total. The fourth-order valence-corrected chi connectivity index (χ4v) is 3.15. The monoisotopic (exact) mass is 288 g/mol. The standard InChI is InChI=1S/C13H21ClN2O3/c1-18-8-7-16-12(10(14)9-15-16)13(17)6-4-3-5-11(13)19-2/h9,11,17H,3-8H2,1-2H3. The van der Waals surface area contributed by atoms with E-state index in [-0.39, 0.29) is 6.10 Å². The highest BCUT2D eigenvalue weighted by Gasteiger charge is 2.44. The highest BCUT2D eigenvalue weighted by atomic mass is 35.5. The Morgan fingerprint density at radius 1 is 1.53 bits per heavy atom. The molecule has 0 radical (unpaired) electrons. The molecule has 1 aliphatic rings. The van der Waals surface area contributed by atoms with Gasteiger partial charge in [0.25, 0.3) is 0 Å². The molecule has 0 aromatic carbocycles. The van der Waals surface area contributed by atoms with Crippen LogP contribution >= 0.6 is 11.6 Å². The van der Waals surface area contributed by atoms with Crippen molar-refractivity contribution < 1.29 is 14.6 Å². The Morgan fingerprint density at radius 2 is 2.32 bits per heavy atom. The predicted octanol–water partition coefficient (Wildman–Crippen LogP) is 1.96. The smallest absolute Gasteiger partial charge is 0.134 e. The number of rotatable bonds is 5. The number of nitrogens with zero attached hydrogens (tertiary/aromatic N) is 2. The van der Waals surface area contributed by atoms with E-state index in [0.29, 0.717) is 30.3 Å². The van der Waals surface area contributed by atoms with Crippen molar-refractivity contribution in [2.24, 2.45) is 0 Å². The second-order valence-corrected chi connectivity index (χ2v) is 5.36. The molecule has 1 aromatic heterocycles. The molecular formula is C13H21ClN2O3. The van der Waals surface area contributed by atoms with Gasteiger partial charge in [0.1, 0.15) is 5.60 Å². The average molecular weight is 289 g/mol. The normalized spacial score (nSPS) is 27.7. The quantitative estimate of drug-likeness (QED) is 0.900. The third kappa shape index (κ3) is 2.79. The van der Waals surface area contributed by atoms with Crippen LogP contribution in [0.4, 0.5) is 0 Å². The van der Waals surface area contributed by atoms with Gasteiger partial charge < -0.3 is 14.6 Å². The molecule has 1 aliphatic carbocycles. The van der Waals surface area contributed by atoms with E-state index >= 15 is 0 Å². The molecule has 6 heteroatoms. The zero-order chi connectivity index (χ0) is 13.9. The van der Waals surface area contributed by atoms with E-state index in [1.54, 1.807) is 25.1 Å². The third-order valence-corrected chi connectivity index (χ3v) is 4.08. The van der Waals surface area contributed by atoms with Crippen molar-refractivity contribution in [3.8, 4) is 0 Å². The SMILES string of the molecule is COCCn1ncc(Cl)c1C1(O)CCCCC1OC. The molecule has 1 heterocycles. The summed E-state index contributed by atoms with van der Waals surface area (Å²) >= 11 is 6.23. The lowest BCUT2D eigenvalue weighted by atomic mass is 9.79. The molecule has 0 spiro atoms.